The van der Waals surface area contributed by atoms with E-state index in [1.165, 1.54) is 0 Å². The average Bonchev–Trinajstić information content (AvgIpc) is 3.37. The summed E-state index contributed by atoms with van der Waals surface area (Å²) >= 11 is 0. The van der Waals surface area contributed by atoms with Gasteiger partial charge in [0.1, 0.15) is 6.10 Å². The molecule has 3 fully saturated rings. The predicted molar refractivity (Wildman–Crippen MR) is 106 cm³/mol. The van der Waals surface area contributed by atoms with Crippen LogP contribution in [0.25, 0.3) is 0 Å². The Morgan fingerprint density at radius 2 is 2.07 bits per heavy atom. The molecule has 3 heterocycles. The summed E-state index contributed by atoms with van der Waals surface area (Å²) in [6, 6.07) is 0.316. The molecule has 0 aliphatic carbocycles. The van der Waals surface area contributed by atoms with Crippen molar-refractivity contribution in [2.24, 2.45) is 4.99 Å². The van der Waals surface area contributed by atoms with E-state index in [1.807, 2.05) is 0 Å². The molecule has 1 N–H and O–H groups in total. The highest BCUT2D eigenvalue weighted by molar-refractivity contribution is 5.80. The van der Waals surface area contributed by atoms with E-state index in [0.29, 0.717) is 18.4 Å². The zero-order valence-corrected chi connectivity index (χ0v) is 17.0. The van der Waals surface area contributed by atoms with Gasteiger partial charge in [0.25, 0.3) is 0 Å². The van der Waals surface area contributed by atoms with Crippen LogP contribution in [0.2, 0.25) is 0 Å². The van der Waals surface area contributed by atoms with E-state index < -0.39 is 0 Å². The number of carbonyl (C=O) groups is 1. The van der Waals surface area contributed by atoms with Gasteiger partial charge >= 0.3 is 0 Å². The Kier molecular flexibility index (Phi) is 7.76. The van der Waals surface area contributed by atoms with Crippen LogP contribution in [0.1, 0.15) is 52.4 Å². The van der Waals surface area contributed by atoms with Gasteiger partial charge < -0.3 is 24.6 Å². The number of hydrogen-bond donors (Lipinski definition) is 1. The molecule has 3 unspecified atom stereocenters. The molecule has 3 atom stereocenters. The number of guanidine groups is 1. The number of likely N-dealkylation sites (tertiary alicyclic amines) is 1. The molecule has 0 aromatic rings. The maximum absolute atomic E-state index is 12.0. The van der Waals surface area contributed by atoms with E-state index in [1.54, 1.807) is 0 Å². The molecule has 27 heavy (non-hydrogen) atoms. The van der Waals surface area contributed by atoms with Gasteiger partial charge in [-0.3, -0.25) is 9.79 Å². The molecule has 0 radical (unpaired) electrons. The van der Waals surface area contributed by atoms with Crippen molar-refractivity contribution in [2.45, 2.75) is 70.6 Å². The Bertz CT molecular complexity index is 507. The first-order valence-electron chi connectivity index (χ1n) is 10.8. The summed E-state index contributed by atoms with van der Waals surface area (Å²) in [5.41, 5.74) is 0. The summed E-state index contributed by atoms with van der Waals surface area (Å²) < 4.78 is 11.8. The molecule has 3 rings (SSSR count). The summed E-state index contributed by atoms with van der Waals surface area (Å²) in [5, 5.41) is 3.43. The van der Waals surface area contributed by atoms with Crippen molar-refractivity contribution in [1.82, 2.24) is 15.1 Å². The largest absolute Gasteiger partial charge is 0.375 e. The lowest BCUT2D eigenvalue weighted by molar-refractivity contribution is -0.129. The normalized spacial score (nSPS) is 28.1. The Balaban J connectivity index is 1.55. The molecule has 3 aliphatic heterocycles. The molecule has 7 nitrogen and oxygen atoms in total. The van der Waals surface area contributed by atoms with E-state index in [0.717, 1.165) is 84.0 Å². The highest BCUT2D eigenvalue weighted by atomic mass is 16.5. The first-order valence-corrected chi connectivity index (χ1v) is 10.8. The number of aliphatic imine (C=N–C) groups is 1. The van der Waals surface area contributed by atoms with Gasteiger partial charge in [0.2, 0.25) is 5.91 Å². The number of nitrogens with zero attached hydrogens (tertiary/aromatic N) is 3. The lowest BCUT2D eigenvalue weighted by Gasteiger charge is -2.37. The number of carbonyl (C=O) groups excluding carboxylic acids is 1. The van der Waals surface area contributed by atoms with Crippen molar-refractivity contribution in [3.05, 3.63) is 0 Å². The first kappa shape index (κ1) is 20.4. The number of nitrogens with one attached hydrogen (secondary N) is 1. The van der Waals surface area contributed by atoms with Crippen molar-refractivity contribution in [3.8, 4) is 0 Å². The van der Waals surface area contributed by atoms with E-state index in [9.17, 15) is 4.79 Å². The van der Waals surface area contributed by atoms with Crippen molar-refractivity contribution in [3.63, 3.8) is 0 Å². The Hall–Kier alpha value is -1.34. The van der Waals surface area contributed by atoms with E-state index in [2.05, 4.69) is 29.0 Å². The molecular formula is C20H36N4O3. The van der Waals surface area contributed by atoms with Crippen LogP contribution >= 0.6 is 0 Å². The van der Waals surface area contributed by atoms with Crippen LogP contribution in [0.3, 0.4) is 0 Å². The fourth-order valence-electron chi connectivity index (χ4n) is 4.37. The second-order valence-electron chi connectivity index (χ2n) is 7.68. The fourth-order valence-corrected chi connectivity index (χ4v) is 4.37. The molecule has 3 aliphatic rings. The number of morpholine rings is 1. The van der Waals surface area contributed by atoms with Gasteiger partial charge in [0.05, 0.1) is 12.7 Å². The van der Waals surface area contributed by atoms with Crippen LogP contribution in [0.15, 0.2) is 4.99 Å². The zero-order valence-electron chi connectivity index (χ0n) is 17.0. The predicted octanol–water partition coefficient (Wildman–Crippen LogP) is 1.62. The van der Waals surface area contributed by atoms with Crippen molar-refractivity contribution in [1.29, 1.82) is 0 Å². The van der Waals surface area contributed by atoms with Crippen LogP contribution in [-0.4, -0.2) is 85.9 Å². The van der Waals surface area contributed by atoms with Gasteiger partial charge in [-0.1, -0.05) is 6.92 Å². The SMILES string of the molecule is CCNC(=NCCC(CC)N1CCCC1=O)N1CCOC(C2CCCO2)C1. The minimum atomic E-state index is 0.135. The number of ether oxygens (including phenoxy) is 2. The monoisotopic (exact) mass is 380 g/mol. The van der Waals surface area contributed by atoms with Crippen LogP contribution in [0, 0.1) is 0 Å². The Morgan fingerprint density at radius 1 is 1.22 bits per heavy atom. The summed E-state index contributed by atoms with van der Waals surface area (Å²) in [6.07, 6.45) is 6.21. The maximum atomic E-state index is 12.0. The van der Waals surface area contributed by atoms with Crippen molar-refractivity contribution >= 4 is 11.9 Å². The van der Waals surface area contributed by atoms with Crippen molar-refractivity contribution < 1.29 is 14.3 Å². The van der Waals surface area contributed by atoms with Gasteiger partial charge in [0, 0.05) is 51.8 Å². The van der Waals surface area contributed by atoms with Gasteiger partial charge in [-0.05, 0) is 39.0 Å². The molecule has 0 bridgehead atoms. The Morgan fingerprint density at radius 3 is 2.74 bits per heavy atom. The molecule has 7 heteroatoms. The minimum Gasteiger partial charge on any atom is -0.375 e. The maximum Gasteiger partial charge on any atom is 0.222 e. The summed E-state index contributed by atoms with van der Waals surface area (Å²) in [6.45, 7) is 10.0. The molecule has 0 aromatic heterocycles. The van der Waals surface area contributed by atoms with Crippen molar-refractivity contribution in [2.75, 3.05) is 45.9 Å². The molecule has 3 saturated heterocycles. The lowest BCUT2D eigenvalue weighted by atomic mass is 10.1. The topological polar surface area (TPSA) is 66.4 Å². The summed E-state index contributed by atoms with van der Waals surface area (Å²) in [4.78, 5) is 21.3. The molecule has 154 valence electrons. The van der Waals surface area contributed by atoms with Crippen LogP contribution in [0.5, 0.6) is 0 Å². The fraction of sp³-hybridized carbons (Fsp3) is 0.900. The van der Waals surface area contributed by atoms with Gasteiger partial charge in [-0.15, -0.1) is 0 Å². The third-order valence-corrected chi connectivity index (χ3v) is 5.85. The van der Waals surface area contributed by atoms with E-state index >= 15 is 0 Å². The molecule has 0 saturated carbocycles. The number of amides is 1. The van der Waals surface area contributed by atoms with Crippen LogP contribution in [-0.2, 0) is 14.3 Å². The van der Waals surface area contributed by atoms with E-state index in [-0.39, 0.29) is 12.2 Å². The smallest absolute Gasteiger partial charge is 0.222 e. The van der Waals surface area contributed by atoms with E-state index in [4.69, 9.17) is 14.5 Å². The quantitative estimate of drug-likeness (QED) is 0.537. The van der Waals surface area contributed by atoms with Gasteiger partial charge in [0.15, 0.2) is 5.96 Å². The molecule has 0 spiro atoms. The molecule has 1 amide bonds. The van der Waals surface area contributed by atoms with Crippen LogP contribution in [0.4, 0.5) is 0 Å². The highest BCUT2D eigenvalue weighted by Crippen LogP contribution is 2.21. The summed E-state index contributed by atoms with van der Waals surface area (Å²) in [7, 11) is 0. The summed E-state index contributed by atoms with van der Waals surface area (Å²) in [5.74, 6) is 1.27. The second-order valence-corrected chi connectivity index (χ2v) is 7.68. The standard InChI is InChI=1S/C20H36N4O3/c1-3-16(24-11-5-8-19(24)25)9-10-22-20(21-4-2)23-12-14-27-18(15-23)17-7-6-13-26-17/h16-18H,3-15H2,1-2H3,(H,21,22). The van der Waals surface area contributed by atoms with Gasteiger partial charge in [-0.25, -0.2) is 0 Å². The average molecular weight is 381 g/mol. The second kappa shape index (κ2) is 10.3. The third-order valence-electron chi connectivity index (χ3n) is 5.85. The third kappa shape index (κ3) is 5.35. The highest BCUT2D eigenvalue weighted by Gasteiger charge is 2.32. The molecule has 0 aromatic carbocycles. The van der Waals surface area contributed by atoms with Gasteiger partial charge in [-0.2, -0.15) is 0 Å². The number of hydrogen-bond acceptors (Lipinski definition) is 4. The lowest BCUT2D eigenvalue weighted by Crippen LogP contribution is -2.53. The Labute approximate surface area is 163 Å². The first-order chi connectivity index (χ1) is 13.2. The van der Waals surface area contributed by atoms with Crippen LogP contribution < -0.4 is 5.32 Å². The minimum absolute atomic E-state index is 0.135. The molecular weight excluding hydrogens is 344 g/mol. The zero-order chi connectivity index (χ0) is 19.1. The number of rotatable bonds is 7.